The van der Waals surface area contributed by atoms with Crippen molar-refractivity contribution in [2.24, 2.45) is 17.3 Å². The number of hydrogen-bond donors (Lipinski definition) is 0. The van der Waals surface area contributed by atoms with E-state index >= 15 is 0 Å². The Balaban J connectivity index is 3.25. The molecule has 0 aliphatic carbocycles. The number of rotatable bonds is 5. The summed E-state index contributed by atoms with van der Waals surface area (Å²) in [5, 5.41) is 0. The molecule has 1 atom stereocenters. The minimum Gasteiger partial charge on any atom is -0.465 e. The maximum absolute atomic E-state index is 12.4. The molecule has 0 radical (unpaired) electrons. The van der Waals surface area contributed by atoms with Gasteiger partial charge in [0.2, 0.25) is 0 Å². The van der Waals surface area contributed by atoms with Crippen molar-refractivity contribution in [1.29, 1.82) is 0 Å². The van der Waals surface area contributed by atoms with E-state index in [2.05, 4.69) is 11.8 Å². The quantitative estimate of drug-likeness (QED) is 0.471. The first-order valence-corrected chi connectivity index (χ1v) is 8.21. The van der Waals surface area contributed by atoms with Gasteiger partial charge in [-0.2, -0.15) is 0 Å². The third-order valence-corrected chi connectivity index (χ3v) is 3.49. The first kappa shape index (κ1) is 19.8. The minimum atomic E-state index is -1.05. The van der Waals surface area contributed by atoms with Gasteiger partial charge in [0.05, 0.1) is 13.2 Å². The van der Waals surface area contributed by atoms with Crippen molar-refractivity contribution >= 4 is 11.9 Å². The lowest BCUT2D eigenvalue weighted by Crippen LogP contribution is -2.39. The van der Waals surface area contributed by atoms with E-state index in [0.717, 1.165) is 5.56 Å². The SMILES string of the molecule is CCOC(=O)C(C(=O)OCC)C(C#Cc1ccccc1)C(C)(C)C. The highest BCUT2D eigenvalue weighted by atomic mass is 16.6. The Morgan fingerprint density at radius 3 is 1.92 bits per heavy atom. The molecule has 0 saturated carbocycles. The summed E-state index contributed by atoms with van der Waals surface area (Å²) >= 11 is 0. The zero-order chi connectivity index (χ0) is 18.2. The molecule has 0 fully saturated rings. The van der Waals surface area contributed by atoms with Gasteiger partial charge in [-0.3, -0.25) is 9.59 Å². The molecule has 4 nitrogen and oxygen atoms in total. The summed E-state index contributed by atoms with van der Waals surface area (Å²) in [4.78, 5) is 24.7. The summed E-state index contributed by atoms with van der Waals surface area (Å²) in [5.41, 5.74) is 0.435. The lowest BCUT2D eigenvalue weighted by atomic mass is 9.73. The largest absolute Gasteiger partial charge is 0.465 e. The van der Waals surface area contributed by atoms with Crippen LogP contribution in [0.4, 0.5) is 0 Å². The van der Waals surface area contributed by atoms with Crippen LogP contribution in [0, 0.1) is 29.1 Å². The molecule has 0 aromatic heterocycles. The lowest BCUT2D eigenvalue weighted by Gasteiger charge is -2.30. The molecule has 0 saturated heterocycles. The molecule has 130 valence electrons. The van der Waals surface area contributed by atoms with Crippen LogP contribution in [0.2, 0.25) is 0 Å². The Hall–Kier alpha value is -2.28. The van der Waals surface area contributed by atoms with Crippen LogP contribution >= 0.6 is 0 Å². The first-order valence-electron chi connectivity index (χ1n) is 8.21. The molecule has 4 heteroatoms. The molecule has 1 rings (SSSR count). The maximum atomic E-state index is 12.4. The van der Waals surface area contributed by atoms with Crippen molar-refractivity contribution in [3.63, 3.8) is 0 Å². The van der Waals surface area contributed by atoms with E-state index in [1.807, 2.05) is 51.1 Å². The van der Waals surface area contributed by atoms with Gasteiger partial charge >= 0.3 is 11.9 Å². The molecule has 1 aromatic carbocycles. The van der Waals surface area contributed by atoms with Crippen LogP contribution in [0.3, 0.4) is 0 Å². The molecule has 1 unspecified atom stereocenters. The third kappa shape index (κ3) is 5.73. The summed E-state index contributed by atoms with van der Waals surface area (Å²) in [6.45, 7) is 9.67. The van der Waals surface area contributed by atoms with Crippen LogP contribution in [0.5, 0.6) is 0 Å². The second-order valence-electron chi connectivity index (χ2n) is 6.46. The van der Waals surface area contributed by atoms with Crippen molar-refractivity contribution in [2.75, 3.05) is 13.2 Å². The molecular formula is C20H26O4. The van der Waals surface area contributed by atoms with Crippen LogP contribution in [0.25, 0.3) is 0 Å². The van der Waals surface area contributed by atoms with Gasteiger partial charge in [0, 0.05) is 11.5 Å². The zero-order valence-corrected chi connectivity index (χ0v) is 15.1. The van der Waals surface area contributed by atoms with Gasteiger partial charge in [-0.15, -0.1) is 0 Å². The number of carbonyl (C=O) groups excluding carboxylic acids is 2. The average Bonchev–Trinajstić information content (AvgIpc) is 2.51. The van der Waals surface area contributed by atoms with E-state index in [1.54, 1.807) is 13.8 Å². The topological polar surface area (TPSA) is 52.6 Å². The van der Waals surface area contributed by atoms with E-state index in [0.29, 0.717) is 0 Å². The van der Waals surface area contributed by atoms with Crippen molar-refractivity contribution in [2.45, 2.75) is 34.6 Å². The molecule has 0 aliphatic heterocycles. The van der Waals surface area contributed by atoms with Gasteiger partial charge in [0.1, 0.15) is 0 Å². The maximum Gasteiger partial charge on any atom is 0.321 e. The fraction of sp³-hybridized carbons (Fsp3) is 0.500. The highest BCUT2D eigenvalue weighted by Gasteiger charge is 2.42. The Morgan fingerprint density at radius 1 is 1.00 bits per heavy atom. The van der Waals surface area contributed by atoms with Gasteiger partial charge in [-0.1, -0.05) is 50.8 Å². The number of benzene rings is 1. The zero-order valence-electron chi connectivity index (χ0n) is 15.1. The van der Waals surface area contributed by atoms with E-state index in [4.69, 9.17) is 9.47 Å². The van der Waals surface area contributed by atoms with E-state index < -0.39 is 29.2 Å². The standard InChI is InChI=1S/C20H26O4/c1-6-23-18(21)17(19(22)24-7-2)16(20(3,4)5)14-13-15-11-9-8-10-12-15/h8-12,16-17H,6-7H2,1-5H3. The summed E-state index contributed by atoms with van der Waals surface area (Å²) in [7, 11) is 0. The third-order valence-electron chi connectivity index (χ3n) is 3.49. The molecule has 24 heavy (non-hydrogen) atoms. The molecular weight excluding hydrogens is 304 g/mol. The highest BCUT2D eigenvalue weighted by molar-refractivity contribution is 5.95. The minimum absolute atomic E-state index is 0.206. The Morgan fingerprint density at radius 2 is 1.50 bits per heavy atom. The van der Waals surface area contributed by atoms with Gasteiger partial charge in [0.15, 0.2) is 5.92 Å². The van der Waals surface area contributed by atoms with Gasteiger partial charge in [0.25, 0.3) is 0 Å². The number of hydrogen-bond acceptors (Lipinski definition) is 4. The van der Waals surface area contributed by atoms with Crippen molar-refractivity contribution in [3.05, 3.63) is 35.9 Å². The predicted molar refractivity (Wildman–Crippen MR) is 93.0 cm³/mol. The van der Waals surface area contributed by atoms with Crippen molar-refractivity contribution in [3.8, 4) is 11.8 Å². The number of esters is 2. The van der Waals surface area contributed by atoms with Gasteiger partial charge < -0.3 is 9.47 Å². The second-order valence-corrected chi connectivity index (χ2v) is 6.46. The molecule has 0 aliphatic rings. The van der Waals surface area contributed by atoms with Crippen molar-refractivity contribution < 1.29 is 19.1 Å². The van der Waals surface area contributed by atoms with E-state index in [-0.39, 0.29) is 13.2 Å². The average molecular weight is 330 g/mol. The monoisotopic (exact) mass is 330 g/mol. The number of ether oxygens (including phenoxy) is 2. The second kappa shape index (κ2) is 9.12. The van der Waals surface area contributed by atoms with Crippen LogP contribution in [0.1, 0.15) is 40.2 Å². The molecule has 0 spiro atoms. The van der Waals surface area contributed by atoms with E-state index in [9.17, 15) is 9.59 Å². The Bertz CT molecular complexity index is 584. The van der Waals surface area contributed by atoms with E-state index in [1.165, 1.54) is 0 Å². The van der Waals surface area contributed by atoms with Gasteiger partial charge in [-0.25, -0.2) is 0 Å². The molecule has 0 bridgehead atoms. The molecule has 0 amide bonds. The fourth-order valence-corrected chi connectivity index (χ4v) is 2.31. The Labute approximate surface area is 144 Å². The molecule has 0 N–H and O–H groups in total. The molecule has 1 aromatic rings. The highest BCUT2D eigenvalue weighted by Crippen LogP contribution is 2.33. The van der Waals surface area contributed by atoms with Crippen molar-refractivity contribution in [1.82, 2.24) is 0 Å². The Kier molecular flexibility index (Phi) is 7.51. The lowest BCUT2D eigenvalue weighted by molar-refractivity contribution is -0.165. The van der Waals surface area contributed by atoms with Gasteiger partial charge in [-0.05, 0) is 31.4 Å². The predicted octanol–water partition coefficient (Wildman–Crippen LogP) is 3.44. The fourth-order valence-electron chi connectivity index (χ4n) is 2.31. The number of carbonyl (C=O) groups is 2. The summed E-state index contributed by atoms with van der Waals surface area (Å²) in [5.74, 6) is 3.42. The normalized spacial score (nSPS) is 12.1. The summed E-state index contributed by atoms with van der Waals surface area (Å²) in [6, 6.07) is 9.47. The summed E-state index contributed by atoms with van der Waals surface area (Å²) in [6.07, 6.45) is 0. The van der Waals surface area contributed by atoms with Crippen LogP contribution in [0.15, 0.2) is 30.3 Å². The summed E-state index contributed by atoms with van der Waals surface area (Å²) < 4.78 is 10.2. The molecule has 0 heterocycles. The van der Waals surface area contributed by atoms with Crippen LogP contribution < -0.4 is 0 Å². The van der Waals surface area contributed by atoms with Crippen LogP contribution in [-0.2, 0) is 19.1 Å². The first-order chi connectivity index (χ1) is 11.3. The smallest absolute Gasteiger partial charge is 0.321 e. The van der Waals surface area contributed by atoms with Crippen LogP contribution in [-0.4, -0.2) is 25.2 Å².